The molecular weight excluding hydrogens is 224 g/mol. The monoisotopic (exact) mass is 246 g/mol. The van der Waals surface area contributed by atoms with Gasteiger partial charge in [-0.05, 0) is 51.3 Å². The van der Waals surface area contributed by atoms with Gasteiger partial charge in [0.2, 0.25) is 0 Å². The molecule has 0 atom stereocenters. The lowest BCUT2D eigenvalue weighted by Gasteiger charge is -2.10. The molecule has 1 aromatic carbocycles. The molecule has 0 aliphatic rings. The highest BCUT2D eigenvalue weighted by atomic mass is 16.5. The second kappa shape index (κ2) is 8.57. The van der Waals surface area contributed by atoms with Gasteiger partial charge < -0.3 is 15.0 Å². The molecular formula is C15H22N2O. The predicted octanol–water partition coefficient (Wildman–Crippen LogP) is 1.74. The van der Waals surface area contributed by atoms with Gasteiger partial charge in [0, 0.05) is 6.54 Å². The first kappa shape index (κ1) is 14.6. The lowest BCUT2D eigenvalue weighted by molar-refractivity contribution is 0.369. The van der Waals surface area contributed by atoms with E-state index in [1.807, 2.05) is 18.2 Å². The number of hydrogen-bond donors (Lipinski definition) is 1. The topological polar surface area (TPSA) is 24.5 Å². The average molecular weight is 246 g/mol. The molecule has 0 radical (unpaired) electrons. The summed E-state index contributed by atoms with van der Waals surface area (Å²) in [4.78, 5) is 2.19. The fourth-order valence-corrected chi connectivity index (χ4v) is 1.62. The molecule has 0 heterocycles. The Morgan fingerprint density at radius 1 is 1.39 bits per heavy atom. The SMILES string of the molecule is C#CCOc1cccc(CNCCCN(C)C)c1. The van der Waals surface area contributed by atoms with Crippen molar-refractivity contribution >= 4 is 0 Å². The zero-order valence-corrected chi connectivity index (χ0v) is 11.3. The van der Waals surface area contributed by atoms with Crippen molar-refractivity contribution in [1.82, 2.24) is 10.2 Å². The van der Waals surface area contributed by atoms with E-state index in [0.29, 0.717) is 6.61 Å². The van der Waals surface area contributed by atoms with Gasteiger partial charge in [0.25, 0.3) is 0 Å². The largest absolute Gasteiger partial charge is 0.481 e. The first-order chi connectivity index (χ1) is 8.72. The van der Waals surface area contributed by atoms with Crippen LogP contribution in [0.1, 0.15) is 12.0 Å². The summed E-state index contributed by atoms with van der Waals surface area (Å²) in [6.45, 7) is 3.31. The van der Waals surface area contributed by atoms with Crippen LogP contribution in [-0.2, 0) is 6.54 Å². The summed E-state index contributed by atoms with van der Waals surface area (Å²) >= 11 is 0. The molecule has 0 spiro atoms. The zero-order chi connectivity index (χ0) is 13.2. The molecule has 0 saturated heterocycles. The normalized spacial score (nSPS) is 10.3. The lowest BCUT2D eigenvalue weighted by atomic mass is 10.2. The summed E-state index contributed by atoms with van der Waals surface area (Å²) in [5, 5.41) is 3.42. The van der Waals surface area contributed by atoms with Crippen molar-refractivity contribution in [3.05, 3.63) is 29.8 Å². The van der Waals surface area contributed by atoms with E-state index in [2.05, 4.69) is 36.3 Å². The highest BCUT2D eigenvalue weighted by molar-refractivity contribution is 5.28. The van der Waals surface area contributed by atoms with E-state index in [9.17, 15) is 0 Å². The average Bonchev–Trinajstić information content (AvgIpc) is 2.36. The molecule has 0 aliphatic heterocycles. The highest BCUT2D eigenvalue weighted by Crippen LogP contribution is 2.12. The molecule has 0 fully saturated rings. The van der Waals surface area contributed by atoms with Gasteiger partial charge in [-0.2, -0.15) is 0 Å². The smallest absolute Gasteiger partial charge is 0.148 e. The van der Waals surface area contributed by atoms with Crippen LogP contribution < -0.4 is 10.1 Å². The quantitative estimate of drug-likeness (QED) is 0.558. The zero-order valence-electron chi connectivity index (χ0n) is 11.3. The molecule has 1 rings (SSSR count). The summed E-state index contributed by atoms with van der Waals surface area (Å²) in [5.74, 6) is 3.30. The Balaban J connectivity index is 2.27. The minimum Gasteiger partial charge on any atom is -0.481 e. The molecule has 0 aromatic heterocycles. The first-order valence-electron chi connectivity index (χ1n) is 6.23. The molecule has 1 aromatic rings. The van der Waals surface area contributed by atoms with E-state index in [1.165, 1.54) is 5.56 Å². The molecule has 0 amide bonds. The van der Waals surface area contributed by atoms with Gasteiger partial charge in [-0.15, -0.1) is 6.42 Å². The summed E-state index contributed by atoms with van der Waals surface area (Å²) in [7, 11) is 4.18. The van der Waals surface area contributed by atoms with Gasteiger partial charge in [-0.25, -0.2) is 0 Å². The second-order valence-electron chi connectivity index (χ2n) is 4.47. The van der Waals surface area contributed by atoms with Gasteiger partial charge in [0.15, 0.2) is 0 Å². The van der Waals surface area contributed by atoms with E-state index in [-0.39, 0.29) is 0 Å². The van der Waals surface area contributed by atoms with Crippen LogP contribution >= 0.6 is 0 Å². The van der Waals surface area contributed by atoms with Crippen LogP contribution in [0.15, 0.2) is 24.3 Å². The number of hydrogen-bond acceptors (Lipinski definition) is 3. The Morgan fingerprint density at radius 2 is 2.22 bits per heavy atom. The van der Waals surface area contributed by atoms with Crippen LogP contribution in [0.4, 0.5) is 0 Å². The maximum atomic E-state index is 5.38. The Bertz CT molecular complexity index is 382. The van der Waals surface area contributed by atoms with Crippen LogP contribution in [0.5, 0.6) is 5.75 Å². The van der Waals surface area contributed by atoms with Crippen molar-refractivity contribution in [1.29, 1.82) is 0 Å². The third-order valence-corrected chi connectivity index (χ3v) is 2.51. The third-order valence-electron chi connectivity index (χ3n) is 2.51. The van der Waals surface area contributed by atoms with Crippen molar-refractivity contribution in [2.45, 2.75) is 13.0 Å². The number of nitrogens with zero attached hydrogens (tertiary/aromatic N) is 1. The van der Waals surface area contributed by atoms with Crippen molar-refractivity contribution in [3.63, 3.8) is 0 Å². The van der Waals surface area contributed by atoms with Gasteiger partial charge in [0.05, 0.1) is 0 Å². The maximum absolute atomic E-state index is 5.38. The summed E-state index contributed by atoms with van der Waals surface area (Å²) in [5.41, 5.74) is 1.22. The van der Waals surface area contributed by atoms with E-state index in [1.54, 1.807) is 0 Å². The summed E-state index contributed by atoms with van der Waals surface area (Å²) in [6, 6.07) is 8.02. The van der Waals surface area contributed by atoms with Crippen molar-refractivity contribution in [2.75, 3.05) is 33.8 Å². The molecule has 0 aliphatic carbocycles. The number of ether oxygens (including phenoxy) is 1. The molecule has 98 valence electrons. The van der Waals surface area contributed by atoms with Gasteiger partial charge in [0.1, 0.15) is 12.4 Å². The van der Waals surface area contributed by atoms with Crippen molar-refractivity contribution in [3.8, 4) is 18.1 Å². The molecule has 0 unspecified atom stereocenters. The van der Waals surface area contributed by atoms with E-state index >= 15 is 0 Å². The van der Waals surface area contributed by atoms with Crippen molar-refractivity contribution < 1.29 is 4.74 Å². The fourth-order valence-electron chi connectivity index (χ4n) is 1.62. The highest BCUT2D eigenvalue weighted by Gasteiger charge is 1.97. The molecule has 18 heavy (non-hydrogen) atoms. The Morgan fingerprint density at radius 3 is 2.94 bits per heavy atom. The number of terminal acetylenes is 1. The van der Waals surface area contributed by atoms with Crippen LogP contribution in [0, 0.1) is 12.3 Å². The predicted molar refractivity (Wildman–Crippen MR) is 75.6 cm³/mol. The summed E-state index contributed by atoms with van der Waals surface area (Å²) < 4.78 is 5.38. The van der Waals surface area contributed by atoms with Gasteiger partial charge in [-0.3, -0.25) is 0 Å². The minimum absolute atomic E-state index is 0.319. The van der Waals surface area contributed by atoms with Crippen LogP contribution in [0.3, 0.4) is 0 Å². The van der Waals surface area contributed by atoms with Gasteiger partial charge in [-0.1, -0.05) is 18.1 Å². The third kappa shape index (κ3) is 6.29. The number of nitrogens with one attached hydrogen (secondary N) is 1. The first-order valence-corrected chi connectivity index (χ1v) is 6.23. The standard InChI is InChI=1S/C15H22N2O/c1-4-11-18-15-8-5-7-14(12-15)13-16-9-6-10-17(2)3/h1,5,7-8,12,16H,6,9-11,13H2,2-3H3. The summed E-state index contributed by atoms with van der Waals surface area (Å²) in [6.07, 6.45) is 6.31. The Kier molecular flexibility index (Phi) is 6.93. The fraction of sp³-hybridized carbons (Fsp3) is 0.467. The Labute approximate surface area is 110 Å². The van der Waals surface area contributed by atoms with Gasteiger partial charge >= 0.3 is 0 Å². The van der Waals surface area contributed by atoms with E-state index < -0.39 is 0 Å². The molecule has 3 heteroatoms. The van der Waals surface area contributed by atoms with Crippen molar-refractivity contribution in [2.24, 2.45) is 0 Å². The molecule has 0 saturated carbocycles. The van der Waals surface area contributed by atoms with Crippen LogP contribution in [0.2, 0.25) is 0 Å². The lowest BCUT2D eigenvalue weighted by Crippen LogP contribution is -2.20. The van der Waals surface area contributed by atoms with Crippen LogP contribution in [-0.4, -0.2) is 38.7 Å². The number of benzene rings is 1. The molecule has 0 bridgehead atoms. The van der Waals surface area contributed by atoms with E-state index in [4.69, 9.17) is 11.2 Å². The molecule has 1 N–H and O–H groups in total. The minimum atomic E-state index is 0.319. The van der Waals surface area contributed by atoms with E-state index in [0.717, 1.165) is 31.8 Å². The second-order valence-corrected chi connectivity index (χ2v) is 4.47. The molecule has 3 nitrogen and oxygen atoms in total. The maximum Gasteiger partial charge on any atom is 0.148 e. The number of rotatable bonds is 8. The Hall–Kier alpha value is -1.50. The van der Waals surface area contributed by atoms with Crippen LogP contribution in [0.25, 0.3) is 0 Å².